The number of likely N-dealkylation sites (N-methyl/N-ethyl adjacent to an activating group) is 1. The summed E-state index contributed by atoms with van der Waals surface area (Å²) in [6.07, 6.45) is 0. The molecular weight excluding hydrogens is 208 g/mol. The summed E-state index contributed by atoms with van der Waals surface area (Å²) in [6, 6.07) is 0. The Kier molecular flexibility index (Phi) is 7.12. The van der Waals surface area contributed by atoms with Gasteiger partial charge < -0.3 is 10.6 Å². The van der Waals surface area contributed by atoms with Gasteiger partial charge in [-0.3, -0.25) is 9.59 Å². The van der Waals surface area contributed by atoms with Gasteiger partial charge in [-0.1, -0.05) is 10.8 Å². The quantitative estimate of drug-likeness (QED) is 0.432. The monoisotopic (exact) mass is 222 g/mol. The summed E-state index contributed by atoms with van der Waals surface area (Å²) in [5.41, 5.74) is 0. The molecule has 0 heterocycles. The molecule has 0 aliphatic rings. The van der Waals surface area contributed by atoms with Crippen LogP contribution < -0.4 is 10.6 Å². The lowest BCUT2D eigenvalue weighted by atomic mass is 10.3. The Balaban J connectivity index is 3.63. The minimum Gasteiger partial charge on any atom is -0.348 e. The lowest BCUT2D eigenvalue weighted by molar-refractivity contribution is -0.124. The zero-order chi connectivity index (χ0) is 10.3. The van der Waals surface area contributed by atoms with E-state index in [1.165, 1.54) is 10.8 Å². The van der Waals surface area contributed by atoms with Gasteiger partial charge in [-0.25, -0.2) is 0 Å². The van der Waals surface area contributed by atoms with Gasteiger partial charge in [0.1, 0.15) is 0 Å². The topological polar surface area (TPSA) is 58.2 Å². The van der Waals surface area contributed by atoms with Crippen LogP contribution in [0.3, 0.4) is 0 Å². The molecule has 0 spiro atoms. The highest BCUT2D eigenvalue weighted by Crippen LogP contribution is 2.14. The van der Waals surface area contributed by atoms with E-state index in [1.54, 1.807) is 14.0 Å². The maximum absolute atomic E-state index is 11.2. The van der Waals surface area contributed by atoms with Crippen LogP contribution in [0, 0.1) is 0 Å². The molecule has 2 N–H and O–H groups in total. The van der Waals surface area contributed by atoms with Gasteiger partial charge in [0.25, 0.3) is 0 Å². The third-order valence-corrected chi connectivity index (χ3v) is 2.94. The Morgan fingerprint density at radius 1 is 1.46 bits per heavy atom. The van der Waals surface area contributed by atoms with E-state index in [9.17, 15) is 9.59 Å². The van der Waals surface area contributed by atoms with Crippen LogP contribution in [0.4, 0.5) is 0 Å². The fourth-order valence-corrected chi connectivity index (χ4v) is 1.16. The highest BCUT2D eigenvalue weighted by molar-refractivity contribution is 8.69. The van der Waals surface area contributed by atoms with Crippen molar-refractivity contribution in [1.82, 2.24) is 10.6 Å². The zero-order valence-electron chi connectivity index (χ0n) is 7.66. The van der Waals surface area contributed by atoms with Gasteiger partial charge in [-0.05, 0) is 14.0 Å². The molecule has 0 saturated carbocycles. The summed E-state index contributed by atoms with van der Waals surface area (Å²) >= 11 is 3.91. The van der Waals surface area contributed by atoms with Crippen molar-refractivity contribution in [3.63, 3.8) is 0 Å². The van der Waals surface area contributed by atoms with Crippen molar-refractivity contribution < 1.29 is 9.59 Å². The van der Waals surface area contributed by atoms with Crippen molar-refractivity contribution >= 4 is 34.1 Å². The van der Waals surface area contributed by atoms with Crippen LogP contribution in [0.25, 0.3) is 0 Å². The van der Waals surface area contributed by atoms with E-state index in [4.69, 9.17) is 0 Å². The molecule has 6 heteroatoms. The average molecular weight is 222 g/mol. The van der Waals surface area contributed by atoms with Crippen molar-refractivity contribution in [2.45, 2.75) is 12.2 Å². The zero-order valence-corrected chi connectivity index (χ0v) is 9.37. The third kappa shape index (κ3) is 5.95. The summed E-state index contributed by atoms with van der Waals surface area (Å²) in [5.74, 6) is -0.198. The van der Waals surface area contributed by atoms with Crippen molar-refractivity contribution in [1.29, 1.82) is 0 Å². The molecule has 0 aromatic heterocycles. The lowest BCUT2D eigenvalue weighted by Gasteiger charge is -2.07. The van der Waals surface area contributed by atoms with E-state index in [-0.39, 0.29) is 30.0 Å². The fourth-order valence-electron chi connectivity index (χ4n) is 0.611. The highest BCUT2D eigenvalue weighted by Gasteiger charge is 2.12. The number of amides is 1. The molecule has 4 nitrogen and oxygen atoms in total. The Bertz CT molecular complexity index is 187. The summed E-state index contributed by atoms with van der Waals surface area (Å²) in [5, 5.41) is 5.01. The molecule has 0 fully saturated rings. The van der Waals surface area contributed by atoms with Crippen LogP contribution >= 0.6 is 22.5 Å². The number of carbonyl (C=O) groups is 2. The molecular formula is C7H14N2O2S2. The van der Waals surface area contributed by atoms with Gasteiger partial charge >= 0.3 is 0 Å². The molecule has 1 amide bonds. The second-order valence-electron chi connectivity index (χ2n) is 2.52. The van der Waals surface area contributed by atoms with Crippen LogP contribution in [0.15, 0.2) is 0 Å². The molecule has 0 aliphatic heterocycles. The number of thiol groups is 1. The molecule has 13 heavy (non-hydrogen) atoms. The predicted molar refractivity (Wildman–Crippen MR) is 58.0 cm³/mol. The Labute approximate surface area is 87.0 Å². The standard InChI is InChI=1S/C7H14N2O2S2/c1-5(13-12)6(10)3-9-7(11)4-8-2/h5,8,12H,3-4H2,1-2H3,(H,9,11). The average Bonchev–Trinajstić information content (AvgIpc) is 2.13. The Hall–Kier alpha value is -0.200. The van der Waals surface area contributed by atoms with Crippen LogP contribution in [0.5, 0.6) is 0 Å². The summed E-state index contributed by atoms with van der Waals surface area (Å²) in [4.78, 5) is 22.1. The number of Topliss-reactive ketones (excluding diaryl/α,β-unsaturated/α-hetero) is 1. The van der Waals surface area contributed by atoms with Crippen LogP contribution in [-0.2, 0) is 9.59 Å². The number of carbonyl (C=O) groups excluding carboxylic acids is 2. The van der Waals surface area contributed by atoms with Crippen LogP contribution in [0.2, 0.25) is 0 Å². The van der Waals surface area contributed by atoms with Crippen molar-refractivity contribution in [2.24, 2.45) is 0 Å². The first-order valence-electron chi connectivity index (χ1n) is 3.86. The molecule has 0 aromatic carbocycles. The molecule has 1 unspecified atom stereocenters. The number of nitrogens with one attached hydrogen (secondary N) is 2. The van der Waals surface area contributed by atoms with Crippen molar-refractivity contribution in [3.8, 4) is 0 Å². The first-order valence-corrected chi connectivity index (χ1v) is 5.79. The second-order valence-corrected chi connectivity index (χ2v) is 4.07. The predicted octanol–water partition coefficient (Wildman–Crippen LogP) is -0.142. The van der Waals surface area contributed by atoms with Gasteiger partial charge in [-0.15, -0.1) is 11.7 Å². The van der Waals surface area contributed by atoms with Crippen LogP contribution in [0.1, 0.15) is 6.92 Å². The molecule has 0 aromatic rings. The summed E-state index contributed by atoms with van der Waals surface area (Å²) in [6.45, 7) is 2.06. The van der Waals surface area contributed by atoms with E-state index in [1.807, 2.05) is 0 Å². The smallest absolute Gasteiger partial charge is 0.234 e. The van der Waals surface area contributed by atoms with Crippen LogP contribution in [-0.4, -0.2) is 37.1 Å². The Morgan fingerprint density at radius 2 is 2.08 bits per heavy atom. The SMILES string of the molecule is CNCC(=O)NCC(=O)C(C)SS. The molecule has 0 radical (unpaired) electrons. The van der Waals surface area contributed by atoms with Crippen molar-refractivity contribution in [2.75, 3.05) is 20.1 Å². The molecule has 0 saturated heterocycles. The van der Waals surface area contributed by atoms with Crippen molar-refractivity contribution in [3.05, 3.63) is 0 Å². The largest absolute Gasteiger partial charge is 0.348 e. The molecule has 0 bridgehead atoms. The molecule has 0 aliphatic carbocycles. The number of hydrogen-bond donors (Lipinski definition) is 3. The lowest BCUT2D eigenvalue weighted by Crippen LogP contribution is -2.37. The maximum Gasteiger partial charge on any atom is 0.234 e. The maximum atomic E-state index is 11.2. The Morgan fingerprint density at radius 3 is 2.54 bits per heavy atom. The molecule has 0 rings (SSSR count). The van der Waals surface area contributed by atoms with E-state index < -0.39 is 0 Å². The number of ketones is 1. The minimum absolute atomic E-state index is 0.0237. The normalized spacial score (nSPS) is 12.2. The fraction of sp³-hybridized carbons (Fsp3) is 0.714. The molecule has 1 atom stereocenters. The minimum atomic E-state index is -0.182. The van der Waals surface area contributed by atoms with E-state index >= 15 is 0 Å². The van der Waals surface area contributed by atoms with Gasteiger partial charge in [0, 0.05) is 0 Å². The highest BCUT2D eigenvalue weighted by atomic mass is 33.1. The first kappa shape index (κ1) is 12.8. The summed E-state index contributed by atoms with van der Waals surface area (Å²) < 4.78 is 0. The van der Waals surface area contributed by atoms with E-state index in [0.29, 0.717) is 0 Å². The van der Waals surface area contributed by atoms with Gasteiger partial charge in [-0.2, -0.15) is 0 Å². The number of rotatable bonds is 6. The second kappa shape index (κ2) is 7.23. The first-order chi connectivity index (χ1) is 6.11. The van der Waals surface area contributed by atoms with E-state index in [2.05, 4.69) is 22.3 Å². The third-order valence-electron chi connectivity index (χ3n) is 1.41. The molecule has 76 valence electrons. The number of hydrogen-bond acceptors (Lipinski definition) is 5. The van der Waals surface area contributed by atoms with Gasteiger partial charge in [0.2, 0.25) is 5.91 Å². The summed E-state index contributed by atoms with van der Waals surface area (Å²) in [7, 11) is 2.85. The van der Waals surface area contributed by atoms with Gasteiger partial charge in [0.05, 0.1) is 18.3 Å². The van der Waals surface area contributed by atoms with Gasteiger partial charge in [0.15, 0.2) is 5.78 Å². The van der Waals surface area contributed by atoms with E-state index in [0.717, 1.165) is 0 Å².